The maximum Gasteiger partial charge on any atom is 0.241 e. The van der Waals surface area contributed by atoms with Crippen LogP contribution in [0.25, 0.3) is 0 Å². The summed E-state index contributed by atoms with van der Waals surface area (Å²) in [5, 5.41) is 5.07. The van der Waals surface area contributed by atoms with Crippen LogP contribution in [0.1, 0.15) is 35.2 Å². The van der Waals surface area contributed by atoms with Crippen molar-refractivity contribution in [2.24, 2.45) is 5.14 Å². The number of primary sulfonamides is 1. The average molecular weight is 383 g/mol. The van der Waals surface area contributed by atoms with Crippen LogP contribution in [-0.2, 0) is 20.0 Å². The zero-order valence-corrected chi connectivity index (χ0v) is 16.2. The fourth-order valence-corrected chi connectivity index (χ4v) is 5.10. The van der Waals surface area contributed by atoms with E-state index in [9.17, 15) is 16.8 Å². The fraction of sp³-hybridized carbons (Fsp3) is 0.294. The van der Waals surface area contributed by atoms with E-state index in [1.165, 1.54) is 12.1 Å². The smallest absolute Gasteiger partial charge is 0.225 e. The highest BCUT2D eigenvalue weighted by Gasteiger charge is 2.23. The SMILES string of the molecule is Cc1cc(C)c(S(=O)(=O)N[C@H](C)c2ccc(S(N)(=O)=O)cc2)c(C)c1. The van der Waals surface area contributed by atoms with Crippen LogP contribution in [0.5, 0.6) is 0 Å². The van der Waals surface area contributed by atoms with E-state index in [2.05, 4.69) is 4.72 Å². The molecule has 0 saturated carbocycles. The van der Waals surface area contributed by atoms with Crippen LogP contribution >= 0.6 is 0 Å². The molecule has 8 heteroatoms. The Bertz CT molecular complexity index is 972. The van der Waals surface area contributed by atoms with Crippen LogP contribution in [0.15, 0.2) is 46.2 Å². The predicted molar refractivity (Wildman–Crippen MR) is 97.2 cm³/mol. The summed E-state index contributed by atoms with van der Waals surface area (Å²) in [6, 6.07) is 8.93. The highest BCUT2D eigenvalue weighted by molar-refractivity contribution is 7.89. The molecular weight excluding hydrogens is 360 g/mol. The monoisotopic (exact) mass is 382 g/mol. The lowest BCUT2D eigenvalue weighted by molar-refractivity contribution is 0.565. The Balaban J connectivity index is 2.32. The van der Waals surface area contributed by atoms with Gasteiger partial charge in [-0.1, -0.05) is 29.8 Å². The van der Waals surface area contributed by atoms with Crippen molar-refractivity contribution in [1.82, 2.24) is 4.72 Å². The van der Waals surface area contributed by atoms with Crippen molar-refractivity contribution in [3.05, 3.63) is 58.7 Å². The number of rotatable bonds is 5. The summed E-state index contributed by atoms with van der Waals surface area (Å²) < 4.78 is 50.8. The van der Waals surface area contributed by atoms with E-state index in [4.69, 9.17) is 5.14 Å². The Hall–Kier alpha value is -1.74. The lowest BCUT2D eigenvalue weighted by atomic mass is 10.1. The second kappa shape index (κ2) is 6.87. The van der Waals surface area contributed by atoms with Gasteiger partial charge in [-0.2, -0.15) is 0 Å². The Morgan fingerprint density at radius 3 is 1.84 bits per heavy atom. The molecule has 0 spiro atoms. The zero-order chi connectivity index (χ0) is 19.0. The van der Waals surface area contributed by atoms with E-state index in [1.54, 1.807) is 32.9 Å². The molecule has 0 radical (unpaired) electrons. The van der Waals surface area contributed by atoms with Crippen molar-refractivity contribution in [3.8, 4) is 0 Å². The molecule has 0 aromatic heterocycles. The number of sulfonamides is 2. The van der Waals surface area contributed by atoms with Crippen LogP contribution in [0.2, 0.25) is 0 Å². The minimum absolute atomic E-state index is 0.0171. The van der Waals surface area contributed by atoms with E-state index >= 15 is 0 Å². The Morgan fingerprint density at radius 2 is 1.40 bits per heavy atom. The van der Waals surface area contributed by atoms with Gasteiger partial charge in [-0.05, 0) is 56.5 Å². The highest BCUT2D eigenvalue weighted by Crippen LogP contribution is 2.24. The minimum Gasteiger partial charge on any atom is -0.225 e. The zero-order valence-electron chi connectivity index (χ0n) is 14.6. The molecular formula is C17H22N2O4S2. The van der Waals surface area contributed by atoms with Gasteiger partial charge in [0.1, 0.15) is 0 Å². The molecule has 0 unspecified atom stereocenters. The summed E-state index contributed by atoms with van der Waals surface area (Å²) in [5.41, 5.74) is 3.00. The van der Waals surface area contributed by atoms with Crippen LogP contribution in [0.4, 0.5) is 0 Å². The van der Waals surface area contributed by atoms with Gasteiger partial charge < -0.3 is 0 Å². The van der Waals surface area contributed by atoms with Gasteiger partial charge in [0.05, 0.1) is 9.79 Å². The second-order valence-electron chi connectivity index (χ2n) is 6.18. The van der Waals surface area contributed by atoms with Gasteiger partial charge in [-0.25, -0.2) is 26.7 Å². The number of nitrogens with two attached hydrogens (primary N) is 1. The molecule has 3 N–H and O–H groups in total. The van der Waals surface area contributed by atoms with Gasteiger partial charge in [-0.15, -0.1) is 0 Å². The molecule has 0 saturated heterocycles. The average Bonchev–Trinajstić information content (AvgIpc) is 2.44. The molecule has 2 aromatic carbocycles. The summed E-state index contributed by atoms with van der Waals surface area (Å²) in [5.74, 6) is 0. The normalized spacial score (nSPS) is 13.6. The van der Waals surface area contributed by atoms with E-state index in [0.717, 1.165) is 5.56 Å². The molecule has 2 aromatic rings. The maximum atomic E-state index is 12.8. The molecule has 25 heavy (non-hydrogen) atoms. The van der Waals surface area contributed by atoms with Gasteiger partial charge in [0.25, 0.3) is 0 Å². The van der Waals surface area contributed by atoms with Gasteiger partial charge in [0, 0.05) is 6.04 Å². The standard InChI is InChI=1S/C17H22N2O4S2/c1-11-9-12(2)17(13(3)10-11)25(22,23)19-14(4)15-5-7-16(8-6-15)24(18,20)21/h5-10,14,19H,1-4H3,(H2,18,20,21)/t14-/m1/s1. The predicted octanol–water partition coefficient (Wildman–Crippen LogP) is 2.30. The van der Waals surface area contributed by atoms with Crippen molar-refractivity contribution in [3.63, 3.8) is 0 Å². The molecule has 0 amide bonds. The minimum atomic E-state index is -3.78. The van der Waals surface area contributed by atoms with Crippen LogP contribution in [0.3, 0.4) is 0 Å². The van der Waals surface area contributed by atoms with Gasteiger partial charge in [-0.3, -0.25) is 0 Å². The van der Waals surface area contributed by atoms with Crippen molar-refractivity contribution < 1.29 is 16.8 Å². The van der Waals surface area contributed by atoms with Crippen molar-refractivity contribution in [1.29, 1.82) is 0 Å². The molecule has 0 heterocycles. The van der Waals surface area contributed by atoms with Crippen LogP contribution in [0, 0.1) is 20.8 Å². The lowest BCUT2D eigenvalue weighted by Gasteiger charge is -2.18. The van der Waals surface area contributed by atoms with E-state index in [1.807, 2.05) is 19.1 Å². The molecule has 0 aliphatic carbocycles. The second-order valence-corrected chi connectivity index (χ2v) is 9.40. The van der Waals surface area contributed by atoms with E-state index in [-0.39, 0.29) is 9.79 Å². The summed E-state index contributed by atoms with van der Waals surface area (Å²) in [6.07, 6.45) is 0. The first-order chi connectivity index (χ1) is 11.4. The van der Waals surface area contributed by atoms with Gasteiger partial charge in [0.15, 0.2) is 0 Å². The molecule has 136 valence electrons. The molecule has 2 rings (SSSR count). The molecule has 0 aliphatic heterocycles. The quantitative estimate of drug-likeness (QED) is 0.827. The summed E-state index contributed by atoms with van der Waals surface area (Å²) in [7, 11) is -7.49. The Labute approximate surface area is 149 Å². The lowest BCUT2D eigenvalue weighted by Crippen LogP contribution is -2.28. The topological polar surface area (TPSA) is 106 Å². The molecule has 6 nitrogen and oxygen atoms in total. The number of hydrogen-bond acceptors (Lipinski definition) is 4. The number of hydrogen-bond donors (Lipinski definition) is 2. The third kappa shape index (κ3) is 4.46. The first-order valence-electron chi connectivity index (χ1n) is 7.65. The number of benzene rings is 2. The largest absolute Gasteiger partial charge is 0.241 e. The van der Waals surface area contributed by atoms with Gasteiger partial charge >= 0.3 is 0 Å². The molecule has 0 fully saturated rings. The molecule has 1 atom stereocenters. The van der Waals surface area contributed by atoms with E-state index < -0.39 is 26.1 Å². The third-order valence-electron chi connectivity index (χ3n) is 3.91. The Morgan fingerprint density at radius 1 is 0.920 bits per heavy atom. The molecule has 0 bridgehead atoms. The highest BCUT2D eigenvalue weighted by atomic mass is 32.2. The van der Waals surface area contributed by atoms with Crippen molar-refractivity contribution in [2.45, 2.75) is 43.5 Å². The maximum absolute atomic E-state index is 12.8. The first kappa shape index (κ1) is 19.6. The fourth-order valence-electron chi connectivity index (χ4n) is 2.90. The number of nitrogens with one attached hydrogen (secondary N) is 1. The molecule has 0 aliphatic rings. The van der Waals surface area contributed by atoms with Crippen molar-refractivity contribution >= 4 is 20.0 Å². The summed E-state index contributed by atoms with van der Waals surface area (Å²) in [6.45, 7) is 7.14. The third-order valence-corrected chi connectivity index (χ3v) is 6.69. The summed E-state index contributed by atoms with van der Waals surface area (Å²) >= 11 is 0. The van der Waals surface area contributed by atoms with Gasteiger partial charge in [0.2, 0.25) is 20.0 Å². The van der Waals surface area contributed by atoms with Crippen LogP contribution in [-0.4, -0.2) is 16.8 Å². The first-order valence-corrected chi connectivity index (χ1v) is 10.7. The van der Waals surface area contributed by atoms with Crippen molar-refractivity contribution in [2.75, 3.05) is 0 Å². The number of aryl methyl sites for hydroxylation is 3. The Kier molecular flexibility index (Phi) is 5.38. The van der Waals surface area contributed by atoms with E-state index in [0.29, 0.717) is 16.7 Å². The summed E-state index contributed by atoms with van der Waals surface area (Å²) in [4.78, 5) is 0.252. The van der Waals surface area contributed by atoms with Crippen LogP contribution < -0.4 is 9.86 Å².